The Hall–Kier alpha value is -1.80. The molecule has 0 fully saturated rings. The third-order valence-corrected chi connectivity index (χ3v) is 6.31. The summed E-state index contributed by atoms with van der Waals surface area (Å²) in [6.07, 6.45) is 2.86. The third-order valence-electron chi connectivity index (χ3n) is 4.47. The fourth-order valence-electron chi connectivity index (χ4n) is 3.09. The number of para-hydroxylation sites is 1. The van der Waals surface area contributed by atoms with Gasteiger partial charge in [-0.25, -0.2) is 4.98 Å². The molecule has 5 nitrogen and oxygen atoms in total. The van der Waals surface area contributed by atoms with E-state index in [0.717, 1.165) is 33.8 Å². The molecular formula is C22H28ClN3O2S2. The number of hydrogen-bond acceptors (Lipinski definition) is 6. The fraction of sp³-hybridized carbons (Fsp3) is 0.364. The minimum Gasteiger partial charge on any atom is -0.492 e. The number of halogens is 1. The number of thiazole rings is 1. The van der Waals surface area contributed by atoms with Crippen LogP contribution in [0.5, 0.6) is 5.75 Å². The number of benzene rings is 2. The average molecular weight is 466 g/mol. The molecule has 0 spiro atoms. The first kappa shape index (κ1) is 24.5. The zero-order chi connectivity index (χ0) is 20.8. The molecule has 1 amide bonds. The largest absolute Gasteiger partial charge is 0.492 e. The van der Waals surface area contributed by atoms with Gasteiger partial charge in [0.05, 0.1) is 16.9 Å². The molecule has 0 aliphatic heterocycles. The van der Waals surface area contributed by atoms with Gasteiger partial charge < -0.3 is 9.64 Å². The Morgan fingerprint density at radius 1 is 1.13 bits per heavy atom. The summed E-state index contributed by atoms with van der Waals surface area (Å²) in [6.45, 7) is 4.06. The van der Waals surface area contributed by atoms with E-state index in [1.807, 2.05) is 74.6 Å². The summed E-state index contributed by atoms with van der Waals surface area (Å²) in [5, 5.41) is 0.715. The van der Waals surface area contributed by atoms with Crippen molar-refractivity contribution in [3.8, 4) is 5.75 Å². The fourth-order valence-corrected chi connectivity index (χ4v) is 4.69. The molecule has 8 heteroatoms. The first-order valence-corrected chi connectivity index (χ1v) is 11.7. The van der Waals surface area contributed by atoms with Crippen LogP contribution in [-0.4, -0.2) is 55.8 Å². The first-order valence-electron chi connectivity index (χ1n) is 9.67. The van der Waals surface area contributed by atoms with Crippen LogP contribution >= 0.6 is 35.5 Å². The Kier molecular flexibility index (Phi) is 9.42. The van der Waals surface area contributed by atoms with E-state index in [0.29, 0.717) is 23.8 Å². The van der Waals surface area contributed by atoms with Crippen molar-refractivity contribution in [2.24, 2.45) is 0 Å². The molecule has 0 aliphatic rings. The van der Waals surface area contributed by atoms with Crippen molar-refractivity contribution in [2.75, 3.05) is 44.9 Å². The van der Waals surface area contributed by atoms with Crippen LogP contribution in [-0.2, 0) is 0 Å². The van der Waals surface area contributed by atoms with Gasteiger partial charge in [0.1, 0.15) is 11.3 Å². The molecule has 2 aromatic carbocycles. The average Bonchev–Trinajstić information content (AvgIpc) is 3.15. The van der Waals surface area contributed by atoms with Crippen LogP contribution in [0.3, 0.4) is 0 Å². The molecule has 0 aliphatic carbocycles. The van der Waals surface area contributed by atoms with Gasteiger partial charge in [0.25, 0.3) is 5.91 Å². The van der Waals surface area contributed by atoms with Crippen molar-refractivity contribution in [1.29, 1.82) is 0 Å². The number of amides is 1. The molecule has 0 N–H and O–H groups in total. The molecule has 0 atom stereocenters. The molecule has 3 rings (SSSR count). The van der Waals surface area contributed by atoms with Crippen molar-refractivity contribution >= 4 is 56.8 Å². The lowest BCUT2D eigenvalue weighted by Crippen LogP contribution is -2.33. The van der Waals surface area contributed by atoms with Gasteiger partial charge in [-0.2, -0.15) is 0 Å². The monoisotopic (exact) mass is 465 g/mol. The normalized spacial score (nSPS) is 10.8. The van der Waals surface area contributed by atoms with Gasteiger partial charge in [0.2, 0.25) is 0 Å². The number of aromatic nitrogens is 1. The Morgan fingerprint density at radius 3 is 2.60 bits per heavy atom. The minimum absolute atomic E-state index is 0. The van der Waals surface area contributed by atoms with Crippen molar-refractivity contribution in [3.05, 3.63) is 48.0 Å². The van der Waals surface area contributed by atoms with Gasteiger partial charge in [-0.3, -0.25) is 9.69 Å². The number of fused-ring (bicyclic) bond motifs is 1. The number of ether oxygens (including phenoxy) is 1. The lowest BCUT2D eigenvalue weighted by molar-refractivity contribution is 0.0983. The van der Waals surface area contributed by atoms with Crippen molar-refractivity contribution in [2.45, 2.75) is 18.2 Å². The van der Waals surface area contributed by atoms with Gasteiger partial charge in [0.15, 0.2) is 5.13 Å². The molecule has 162 valence electrons. The van der Waals surface area contributed by atoms with E-state index >= 15 is 0 Å². The van der Waals surface area contributed by atoms with Crippen LogP contribution in [0.2, 0.25) is 0 Å². The van der Waals surface area contributed by atoms with Crippen LogP contribution in [0.15, 0.2) is 47.4 Å². The summed E-state index contributed by atoms with van der Waals surface area (Å²) in [7, 11) is 4.09. The second-order valence-corrected chi connectivity index (χ2v) is 8.70. The lowest BCUT2D eigenvalue weighted by Gasteiger charge is -2.22. The van der Waals surface area contributed by atoms with Crippen LogP contribution < -0.4 is 9.64 Å². The highest BCUT2D eigenvalue weighted by Crippen LogP contribution is 2.35. The van der Waals surface area contributed by atoms with E-state index in [2.05, 4.69) is 4.90 Å². The Morgan fingerprint density at radius 2 is 1.90 bits per heavy atom. The van der Waals surface area contributed by atoms with Crippen LogP contribution in [0.4, 0.5) is 5.13 Å². The number of carbonyl (C=O) groups is 1. The molecule has 1 heterocycles. The van der Waals surface area contributed by atoms with Gasteiger partial charge in [0, 0.05) is 11.4 Å². The lowest BCUT2D eigenvalue weighted by atomic mass is 10.2. The standard InChI is InChI=1S/C22H27N3O2S2.ClH/c1-5-27-17-11-8-13-19-20(17)23-22(29-19)25(15-9-14-24(2)3)21(26)16-10-6-7-12-18(16)28-4;/h6-8,10-13H,5,9,14-15H2,1-4H3;1H. The summed E-state index contributed by atoms with van der Waals surface area (Å²) in [6, 6.07) is 13.7. The predicted molar refractivity (Wildman–Crippen MR) is 131 cm³/mol. The van der Waals surface area contributed by atoms with Crippen molar-refractivity contribution in [3.63, 3.8) is 0 Å². The molecule has 0 radical (unpaired) electrons. The number of thioether (sulfide) groups is 1. The van der Waals surface area contributed by atoms with Crippen LogP contribution in [0.1, 0.15) is 23.7 Å². The number of hydrogen-bond donors (Lipinski definition) is 0. The SMILES string of the molecule is CCOc1cccc2sc(N(CCCN(C)C)C(=O)c3ccccc3SC)nc12.Cl. The van der Waals surface area contributed by atoms with E-state index in [1.165, 1.54) is 11.3 Å². The third kappa shape index (κ3) is 5.66. The summed E-state index contributed by atoms with van der Waals surface area (Å²) in [5.41, 5.74) is 1.53. The topological polar surface area (TPSA) is 45.7 Å². The van der Waals surface area contributed by atoms with Gasteiger partial charge >= 0.3 is 0 Å². The van der Waals surface area contributed by atoms with Crippen molar-refractivity contribution < 1.29 is 9.53 Å². The maximum absolute atomic E-state index is 13.5. The van der Waals surface area contributed by atoms with Gasteiger partial charge in [-0.15, -0.1) is 24.2 Å². The summed E-state index contributed by atoms with van der Waals surface area (Å²) >= 11 is 3.12. The van der Waals surface area contributed by atoms with Crippen molar-refractivity contribution in [1.82, 2.24) is 9.88 Å². The maximum atomic E-state index is 13.5. The molecule has 0 unspecified atom stereocenters. The molecule has 0 bridgehead atoms. The summed E-state index contributed by atoms with van der Waals surface area (Å²) in [5.74, 6) is 0.753. The number of anilines is 1. The second kappa shape index (κ2) is 11.6. The van der Waals surface area contributed by atoms with Gasteiger partial charge in [-0.1, -0.05) is 29.5 Å². The summed E-state index contributed by atoms with van der Waals surface area (Å²) in [4.78, 5) is 23.3. The number of rotatable bonds is 9. The summed E-state index contributed by atoms with van der Waals surface area (Å²) < 4.78 is 6.76. The maximum Gasteiger partial charge on any atom is 0.261 e. The number of carbonyl (C=O) groups excluding carboxylic acids is 1. The quantitative estimate of drug-likeness (QED) is 0.394. The molecule has 30 heavy (non-hydrogen) atoms. The Balaban J connectivity index is 0.00000320. The second-order valence-electron chi connectivity index (χ2n) is 6.85. The molecule has 0 saturated carbocycles. The molecule has 3 aromatic rings. The van der Waals surface area contributed by atoms with E-state index in [4.69, 9.17) is 9.72 Å². The molecule has 1 aromatic heterocycles. The highest BCUT2D eigenvalue weighted by molar-refractivity contribution is 7.98. The Bertz CT molecular complexity index is 978. The van der Waals surface area contributed by atoms with Crippen LogP contribution in [0, 0.1) is 0 Å². The predicted octanol–water partition coefficient (Wildman–Crippen LogP) is 5.44. The smallest absolute Gasteiger partial charge is 0.261 e. The number of nitrogens with zero attached hydrogens (tertiary/aromatic N) is 3. The Labute approximate surface area is 192 Å². The zero-order valence-corrected chi connectivity index (χ0v) is 20.2. The van der Waals surface area contributed by atoms with E-state index in [-0.39, 0.29) is 18.3 Å². The van der Waals surface area contributed by atoms with Crippen LogP contribution in [0.25, 0.3) is 10.2 Å². The van der Waals surface area contributed by atoms with Gasteiger partial charge in [-0.05, 0) is 64.5 Å². The van der Waals surface area contributed by atoms with E-state index in [9.17, 15) is 4.79 Å². The van der Waals surface area contributed by atoms with E-state index in [1.54, 1.807) is 11.8 Å². The highest BCUT2D eigenvalue weighted by Gasteiger charge is 2.23. The van der Waals surface area contributed by atoms with E-state index < -0.39 is 0 Å². The first-order chi connectivity index (χ1) is 14.0. The zero-order valence-electron chi connectivity index (χ0n) is 17.8. The minimum atomic E-state index is -0.00859. The molecular weight excluding hydrogens is 438 g/mol. The highest BCUT2D eigenvalue weighted by atomic mass is 35.5. The molecule has 0 saturated heterocycles.